The summed E-state index contributed by atoms with van der Waals surface area (Å²) in [6.07, 6.45) is 0. The maximum absolute atomic E-state index is 13.3. The van der Waals surface area contributed by atoms with E-state index in [0.717, 1.165) is 17.0 Å². The largest absolute Gasteiger partial charge is 0.324 e. The monoisotopic (exact) mass is 366 g/mol. The van der Waals surface area contributed by atoms with Crippen LogP contribution in [0.15, 0.2) is 35.7 Å². The zero-order valence-electron chi connectivity index (χ0n) is 12.4. The van der Waals surface area contributed by atoms with Crippen molar-refractivity contribution in [1.82, 2.24) is 14.8 Å². The van der Waals surface area contributed by atoms with E-state index in [2.05, 4.69) is 15.5 Å². The fourth-order valence-electron chi connectivity index (χ4n) is 2.18. The van der Waals surface area contributed by atoms with Crippen LogP contribution in [-0.2, 0) is 4.79 Å². The molecule has 0 bridgehead atoms. The fourth-order valence-corrected chi connectivity index (χ4v) is 3.18. The van der Waals surface area contributed by atoms with Gasteiger partial charge >= 0.3 is 0 Å². The van der Waals surface area contributed by atoms with Crippen LogP contribution >= 0.6 is 23.6 Å². The van der Waals surface area contributed by atoms with Crippen LogP contribution < -0.4 is 5.32 Å². The van der Waals surface area contributed by atoms with Crippen molar-refractivity contribution >= 4 is 35.1 Å². The molecule has 0 radical (unpaired) electrons. The van der Waals surface area contributed by atoms with Crippen LogP contribution in [0.2, 0.25) is 0 Å². The number of rotatable bonds is 4. The standard InChI is InChI=1S/C15H12F2N4OS2/c1-8(14(22)18-9-4-5-10(16)11(17)7-9)21-13(19-20-15(21)23)12-3-2-6-24-12/h2-8H,1H3,(H,18,22)(H,20,23)/t8-/m1/s1. The molecule has 3 aromatic rings. The lowest BCUT2D eigenvalue weighted by atomic mass is 10.2. The van der Waals surface area contributed by atoms with Gasteiger partial charge in [-0.2, -0.15) is 5.10 Å². The molecular formula is C15H12F2N4OS2. The van der Waals surface area contributed by atoms with Gasteiger partial charge in [0.1, 0.15) is 6.04 Å². The molecule has 0 aliphatic carbocycles. The number of hydrogen-bond donors (Lipinski definition) is 2. The van der Waals surface area contributed by atoms with Gasteiger partial charge < -0.3 is 5.32 Å². The fraction of sp³-hybridized carbons (Fsp3) is 0.133. The number of anilines is 1. The topological polar surface area (TPSA) is 62.7 Å². The molecule has 0 saturated carbocycles. The van der Waals surface area contributed by atoms with E-state index in [9.17, 15) is 13.6 Å². The minimum Gasteiger partial charge on any atom is -0.324 e. The molecule has 5 nitrogen and oxygen atoms in total. The van der Waals surface area contributed by atoms with E-state index in [1.807, 2.05) is 17.5 Å². The Balaban J connectivity index is 1.88. The molecule has 24 heavy (non-hydrogen) atoms. The van der Waals surface area contributed by atoms with E-state index < -0.39 is 23.6 Å². The molecule has 2 N–H and O–H groups in total. The molecule has 2 heterocycles. The second-order valence-electron chi connectivity index (χ2n) is 4.99. The summed E-state index contributed by atoms with van der Waals surface area (Å²) in [5, 5.41) is 11.3. The van der Waals surface area contributed by atoms with Gasteiger partial charge in [0.25, 0.3) is 0 Å². The third-order valence-electron chi connectivity index (χ3n) is 3.40. The summed E-state index contributed by atoms with van der Waals surface area (Å²) in [7, 11) is 0. The van der Waals surface area contributed by atoms with Gasteiger partial charge in [-0.05, 0) is 42.7 Å². The summed E-state index contributed by atoms with van der Waals surface area (Å²) in [6, 6.07) is 6.21. The number of aromatic nitrogens is 3. The van der Waals surface area contributed by atoms with E-state index >= 15 is 0 Å². The van der Waals surface area contributed by atoms with Crippen molar-refractivity contribution in [3.05, 3.63) is 52.1 Å². The molecule has 9 heteroatoms. The van der Waals surface area contributed by atoms with E-state index in [-0.39, 0.29) is 5.69 Å². The molecule has 0 aliphatic rings. The number of benzene rings is 1. The average Bonchev–Trinajstić information content (AvgIpc) is 3.19. The second kappa shape index (κ2) is 6.62. The quantitative estimate of drug-likeness (QED) is 0.682. The van der Waals surface area contributed by atoms with Crippen molar-refractivity contribution < 1.29 is 13.6 Å². The number of hydrogen-bond acceptors (Lipinski definition) is 4. The number of nitrogens with one attached hydrogen (secondary N) is 2. The van der Waals surface area contributed by atoms with Crippen LogP contribution in [-0.4, -0.2) is 20.7 Å². The van der Waals surface area contributed by atoms with Gasteiger partial charge in [0.2, 0.25) is 5.91 Å². The Kier molecular flexibility index (Phi) is 4.54. The number of thiophene rings is 1. The SMILES string of the molecule is C[C@H](C(=O)Nc1ccc(F)c(F)c1)n1c(-c2cccs2)n[nH]c1=S. The van der Waals surface area contributed by atoms with Gasteiger partial charge in [0.15, 0.2) is 22.2 Å². The maximum atomic E-state index is 13.3. The Bertz CT molecular complexity index is 933. The predicted molar refractivity (Wildman–Crippen MR) is 90.4 cm³/mol. The first-order valence-electron chi connectivity index (χ1n) is 6.94. The second-order valence-corrected chi connectivity index (χ2v) is 6.33. The molecular weight excluding hydrogens is 354 g/mol. The van der Waals surface area contributed by atoms with Gasteiger partial charge in [-0.25, -0.2) is 8.78 Å². The highest BCUT2D eigenvalue weighted by atomic mass is 32.1. The van der Waals surface area contributed by atoms with Crippen molar-refractivity contribution in [3.63, 3.8) is 0 Å². The summed E-state index contributed by atoms with van der Waals surface area (Å²) in [4.78, 5) is 13.3. The molecule has 0 aliphatic heterocycles. The summed E-state index contributed by atoms with van der Waals surface area (Å²) in [5.41, 5.74) is 0.165. The van der Waals surface area contributed by atoms with Gasteiger partial charge in [0, 0.05) is 11.8 Å². The van der Waals surface area contributed by atoms with Crippen LogP contribution in [0.5, 0.6) is 0 Å². The van der Waals surface area contributed by atoms with Crippen LogP contribution in [0.25, 0.3) is 10.7 Å². The Morgan fingerprint density at radius 2 is 2.17 bits per heavy atom. The first-order chi connectivity index (χ1) is 11.5. The molecule has 1 amide bonds. The lowest BCUT2D eigenvalue weighted by Gasteiger charge is -2.15. The number of aromatic amines is 1. The summed E-state index contributed by atoms with van der Waals surface area (Å²) in [5.74, 6) is -1.88. The van der Waals surface area contributed by atoms with Crippen molar-refractivity contribution in [1.29, 1.82) is 0 Å². The van der Waals surface area contributed by atoms with Gasteiger partial charge in [-0.1, -0.05) is 6.07 Å². The average molecular weight is 366 g/mol. The van der Waals surface area contributed by atoms with Gasteiger partial charge in [-0.15, -0.1) is 11.3 Å². The first kappa shape index (κ1) is 16.5. The van der Waals surface area contributed by atoms with E-state index in [1.165, 1.54) is 17.4 Å². The smallest absolute Gasteiger partial charge is 0.247 e. The lowest BCUT2D eigenvalue weighted by molar-refractivity contribution is -0.118. The van der Waals surface area contributed by atoms with E-state index in [4.69, 9.17) is 12.2 Å². The zero-order valence-corrected chi connectivity index (χ0v) is 14.0. The van der Waals surface area contributed by atoms with Crippen LogP contribution in [0.4, 0.5) is 14.5 Å². The van der Waals surface area contributed by atoms with Crippen molar-refractivity contribution in [2.24, 2.45) is 0 Å². The Morgan fingerprint density at radius 3 is 2.83 bits per heavy atom. The van der Waals surface area contributed by atoms with E-state index in [0.29, 0.717) is 10.6 Å². The van der Waals surface area contributed by atoms with Gasteiger partial charge in [-0.3, -0.25) is 14.5 Å². The molecule has 1 aromatic carbocycles. The highest BCUT2D eigenvalue weighted by Crippen LogP contribution is 2.26. The third kappa shape index (κ3) is 3.13. The van der Waals surface area contributed by atoms with Crippen molar-refractivity contribution in [2.45, 2.75) is 13.0 Å². The molecule has 124 valence electrons. The molecule has 0 fully saturated rings. The Hall–Kier alpha value is -2.39. The summed E-state index contributed by atoms with van der Waals surface area (Å²) < 4.78 is 28.1. The molecule has 3 rings (SSSR count). The van der Waals surface area contributed by atoms with Crippen LogP contribution in [0.3, 0.4) is 0 Å². The van der Waals surface area contributed by atoms with E-state index in [1.54, 1.807) is 11.5 Å². The van der Waals surface area contributed by atoms with Gasteiger partial charge in [0.05, 0.1) is 4.88 Å². The number of halogens is 2. The van der Waals surface area contributed by atoms with Crippen molar-refractivity contribution in [3.8, 4) is 10.7 Å². The molecule has 0 saturated heterocycles. The predicted octanol–water partition coefficient (Wildman–Crippen LogP) is 4.15. The highest BCUT2D eigenvalue weighted by molar-refractivity contribution is 7.71. The summed E-state index contributed by atoms with van der Waals surface area (Å²) >= 11 is 6.67. The number of nitrogens with zero attached hydrogens (tertiary/aromatic N) is 2. The van der Waals surface area contributed by atoms with Crippen molar-refractivity contribution in [2.75, 3.05) is 5.32 Å². The number of H-pyrrole nitrogens is 1. The van der Waals surface area contributed by atoms with Crippen LogP contribution in [0.1, 0.15) is 13.0 Å². The normalized spacial score (nSPS) is 12.1. The van der Waals surface area contributed by atoms with Crippen LogP contribution in [0, 0.1) is 16.4 Å². The molecule has 1 atom stereocenters. The number of carbonyl (C=O) groups is 1. The minimum atomic E-state index is -1.03. The minimum absolute atomic E-state index is 0.165. The Labute approximate surface area is 145 Å². The third-order valence-corrected chi connectivity index (χ3v) is 4.55. The molecule has 2 aromatic heterocycles. The highest BCUT2D eigenvalue weighted by Gasteiger charge is 2.21. The molecule has 0 spiro atoms. The molecule has 0 unspecified atom stereocenters. The maximum Gasteiger partial charge on any atom is 0.247 e. The first-order valence-corrected chi connectivity index (χ1v) is 8.23. The lowest BCUT2D eigenvalue weighted by Crippen LogP contribution is -2.24. The summed E-state index contributed by atoms with van der Waals surface area (Å²) in [6.45, 7) is 1.65. The number of amides is 1. The Morgan fingerprint density at radius 1 is 1.38 bits per heavy atom. The zero-order chi connectivity index (χ0) is 17.3. The number of carbonyl (C=O) groups excluding carboxylic acids is 1.